The fraction of sp³-hybridized carbons (Fsp3) is 0.500. The molecule has 0 amide bonds. The third kappa shape index (κ3) is 2.23. The van der Waals surface area contributed by atoms with E-state index >= 15 is 0 Å². The monoisotopic (exact) mass is 241 g/mol. The molecule has 1 N–H and O–H groups in total. The number of benzene rings is 1. The highest BCUT2D eigenvalue weighted by molar-refractivity contribution is 6.20. The molecule has 0 aromatic heterocycles. The SMILES string of the molecule is COC(OC)c1ccc2c(c1)CCNC2Cl. The average molecular weight is 242 g/mol. The number of hydrogen-bond acceptors (Lipinski definition) is 3. The number of rotatable bonds is 3. The molecule has 1 heterocycles. The highest BCUT2D eigenvalue weighted by Crippen LogP contribution is 2.29. The maximum Gasteiger partial charge on any atom is 0.183 e. The highest BCUT2D eigenvalue weighted by atomic mass is 35.5. The first-order valence-corrected chi connectivity index (χ1v) is 5.75. The Morgan fingerprint density at radius 2 is 2.12 bits per heavy atom. The normalized spacial score (nSPS) is 19.9. The van der Waals surface area contributed by atoms with Crippen LogP contribution in [0.2, 0.25) is 0 Å². The van der Waals surface area contributed by atoms with Crippen LogP contribution in [-0.2, 0) is 15.9 Å². The second kappa shape index (κ2) is 5.15. The first kappa shape index (κ1) is 11.9. The Balaban J connectivity index is 2.31. The lowest BCUT2D eigenvalue weighted by molar-refractivity contribution is -0.106. The molecule has 1 aliphatic rings. The molecule has 0 fully saturated rings. The van der Waals surface area contributed by atoms with Crippen molar-refractivity contribution in [2.45, 2.75) is 18.2 Å². The van der Waals surface area contributed by atoms with Crippen LogP contribution in [0.1, 0.15) is 28.5 Å². The summed E-state index contributed by atoms with van der Waals surface area (Å²) in [6, 6.07) is 6.15. The molecule has 1 unspecified atom stereocenters. The zero-order valence-corrected chi connectivity index (χ0v) is 10.3. The van der Waals surface area contributed by atoms with Crippen LogP contribution in [0.5, 0.6) is 0 Å². The van der Waals surface area contributed by atoms with Gasteiger partial charge in [0.25, 0.3) is 0 Å². The van der Waals surface area contributed by atoms with E-state index in [0.29, 0.717) is 0 Å². The minimum Gasteiger partial charge on any atom is -0.352 e. The Morgan fingerprint density at radius 1 is 1.38 bits per heavy atom. The molecule has 0 bridgehead atoms. The molecule has 0 spiro atoms. The molecule has 2 rings (SSSR count). The molecule has 1 atom stereocenters. The topological polar surface area (TPSA) is 30.5 Å². The lowest BCUT2D eigenvalue weighted by Gasteiger charge is -2.24. The summed E-state index contributed by atoms with van der Waals surface area (Å²) in [5.74, 6) is 0. The zero-order valence-electron chi connectivity index (χ0n) is 9.50. The summed E-state index contributed by atoms with van der Waals surface area (Å²) in [4.78, 5) is 0. The van der Waals surface area contributed by atoms with Gasteiger partial charge in [-0.25, -0.2) is 0 Å². The molecule has 1 aliphatic heterocycles. The van der Waals surface area contributed by atoms with Crippen LogP contribution in [0.3, 0.4) is 0 Å². The molecule has 88 valence electrons. The molecular formula is C12H16ClNO2. The maximum atomic E-state index is 6.17. The van der Waals surface area contributed by atoms with Gasteiger partial charge in [-0.3, -0.25) is 5.32 Å². The molecular weight excluding hydrogens is 226 g/mol. The second-order valence-corrected chi connectivity index (χ2v) is 4.26. The van der Waals surface area contributed by atoms with E-state index in [9.17, 15) is 0 Å². The Hall–Kier alpha value is -0.610. The van der Waals surface area contributed by atoms with Gasteiger partial charge in [0, 0.05) is 26.3 Å². The van der Waals surface area contributed by atoms with Crippen molar-refractivity contribution in [3.63, 3.8) is 0 Å². The van der Waals surface area contributed by atoms with E-state index in [4.69, 9.17) is 21.1 Å². The maximum absolute atomic E-state index is 6.17. The van der Waals surface area contributed by atoms with Gasteiger partial charge in [-0.05, 0) is 17.5 Å². The smallest absolute Gasteiger partial charge is 0.183 e. The molecule has 16 heavy (non-hydrogen) atoms. The fourth-order valence-electron chi connectivity index (χ4n) is 2.05. The van der Waals surface area contributed by atoms with Crippen LogP contribution < -0.4 is 5.32 Å². The molecule has 0 aliphatic carbocycles. The Labute approximate surface area is 101 Å². The number of nitrogens with one attached hydrogen (secondary N) is 1. The number of alkyl halides is 1. The first-order chi connectivity index (χ1) is 7.76. The lowest BCUT2D eigenvalue weighted by Crippen LogP contribution is -2.26. The summed E-state index contributed by atoms with van der Waals surface area (Å²) in [7, 11) is 3.28. The zero-order chi connectivity index (χ0) is 11.5. The van der Waals surface area contributed by atoms with Gasteiger partial charge in [-0.2, -0.15) is 0 Å². The molecule has 4 heteroatoms. The predicted molar refractivity (Wildman–Crippen MR) is 63.5 cm³/mol. The van der Waals surface area contributed by atoms with E-state index in [1.54, 1.807) is 14.2 Å². The predicted octanol–water partition coefficient (Wildman–Crippen LogP) is 2.36. The summed E-state index contributed by atoms with van der Waals surface area (Å²) in [6.45, 7) is 0.912. The first-order valence-electron chi connectivity index (χ1n) is 5.32. The average Bonchev–Trinajstić information content (AvgIpc) is 2.31. The number of hydrogen-bond donors (Lipinski definition) is 1. The largest absolute Gasteiger partial charge is 0.352 e. The van der Waals surface area contributed by atoms with Crippen LogP contribution in [0.15, 0.2) is 18.2 Å². The Morgan fingerprint density at radius 3 is 2.81 bits per heavy atom. The van der Waals surface area contributed by atoms with Gasteiger partial charge in [-0.1, -0.05) is 18.2 Å². The highest BCUT2D eigenvalue weighted by Gasteiger charge is 2.19. The van der Waals surface area contributed by atoms with Crippen LogP contribution in [0.25, 0.3) is 0 Å². The summed E-state index contributed by atoms with van der Waals surface area (Å²) in [6.07, 6.45) is 0.695. The van der Waals surface area contributed by atoms with Gasteiger partial charge in [0.05, 0.1) is 0 Å². The lowest BCUT2D eigenvalue weighted by atomic mass is 9.98. The minimum atomic E-state index is -0.297. The van der Waals surface area contributed by atoms with Crippen molar-refractivity contribution in [3.8, 4) is 0 Å². The van der Waals surface area contributed by atoms with E-state index in [-0.39, 0.29) is 11.8 Å². The number of methoxy groups -OCH3 is 2. The number of halogens is 1. The number of fused-ring (bicyclic) bond motifs is 1. The molecule has 3 nitrogen and oxygen atoms in total. The van der Waals surface area contributed by atoms with E-state index in [1.807, 2.05) is 12.1 Å². The van der Waals surface area contributed by atoms with Gasteiger partial charge < -0.3 is 9.47 Å². The molecule has 1 aromatic carbocycles. The van der Waals surface area contributed by atoms with E-state index in [0.717, 1.165) is 24.1 Å². The van der Waals surface area contributed by atoms with Gasteiger partial charge in [0.1, 0.15) is 5.50 Å². The third-order valence-electron chi connectivity index (χ3n) is 2.86. The Bertz CT molecular complexity index is 366. The quantitative estimate of drug-likeness (QED) is 0.501. The summed E-state index contributed by atoms with van der Waals surface area (Å²) in [5.41, 5.74) is 3.38. The van der Waals surface area contributed by atoms with Crippen molar-refractivity contribution >= 4 is 11.6 Å². The van der Waals surface area contributed by atoms with Crippen molar-refractivity contribution < 1.29 is 9.47 Å². The van der Waals surface area contributed by atoms with Crippen molar-refractivity contribution in [3.05, 3.63) is 34.9 Å². The van der Waals surface area contributed by atoms with Crippen LogP contribution in [0.4, 0.5) is 0 Å². The van der Waals surface area contributed by atoms with Crippen molar-refractivity contribution in [2.24, 2.45) is 0 Å². The summed E-state index contributed by atoms with van der Waals surface area (Å²) in [5, 5.41) is 3.22. The van der Waals surface area contributed by atoms with E-state index in [1.165, 1.54) is 5.56 Å². The molecule has 0 saturated carbocycles. The summed E-state index contributed by atoms with van der Waals surface area (Å²) < 4.78 is 10.5. The third-order valence-corrected chi connectivity index (χ3v) is 3.25. The van der Waals surface area contributed by atoms with Crippen LogP contribution in [0, 0.1) is 0 Å². The molecule has 0 radical (unpaired) electrons. The van der Waals surface area contributed by atoms with Crippen molar-refractivity contribution in [1.82, 2.24) is 5.32 Å². The minimum absolute atomic E-state index is 0.0821. The van der Waals surface area contributed by atoms with Gasteiger partial charge in [-0.15, -0.1) is 11.6 Å². The van der Waals surface area contributed by atoms with Gasteiger partial charge in [0.15, 0.2) is 6.29 Å². The van der Waals surface area contributed by atoms with Crippen molar-refractivity contribution in [2.75, 3.05) is 20.8 Å². The number of ether oxygens (including phenoxy) is 2. The van der Waals surface area contributed by atoms with Gasteiger partial charge in [0.2, 0.25) is 0 Å². The molecule has 0 saturated heterocycles. The van der Waals surface area contributed by atoms with Crippen LogP contribution in [-0.4, -0.2) is 20.8 Å². The fourth-order valence-corrected chi connectivity index (χ4v) is 2.37. The van der Waals surface area contributed by atoms with E-state index in [2.05, 4.69) is 11.4 Å². The second-order valence-electron chi connectivity index (χ2n) is 3.83. The standard InChI is InChI=1S/C12H16ClNO2/c1-15-12(16-2)9-3-4-10-8(7-9)5-6-14-11(10)13/h3-4,7,11-12,14H,5-6H2,1-2H3. The van der Waals surface area contributed by atoms with Gasteiger partial charge >= 0.3 is 0 Å². The Kier molecular flexibility index (Phi) is 3.82. The van der Waals surface area contributed by atoms with Crippen LogP contribution >= 0.6 is 11.6 Å². The molecule has 1 aromatic rings. The van der Waals surface area contributed by atoms with E-state index < -0.39 is 0 Å². The summed E-state index contributed by atoms with van der Waals surface area (Å²) >= 11 is 6.17. The van der Waals surface area contributed by atoms with Crippen molar-refractivity contribution in [1.29, 1.82) is 0 Å².